The van der Waals surface area contributed by atoms with Gasteiger partial charge in [0.2, 0.25) is 11.9 Å². The molecule has 2 amide bonds. The van der Waals surface area contributed by atoms with Crippen molar-refractivity contribution in [1.82, 2.24) is 14.4 Å². The fourth-order valence-corrected chi connectivity index (χ4v) is 4.54. The predicted octanol–water partition coefficient (Wildman–Crippen LogP) is 2.09. The maximum Gasteiger partial charge on any atom is 0.280 e. The van der Waals surface area contributed by atoms with Gasteiger partial charge in [-0.05, 0) is 19.9 Å². The summed E-state index contributed by atoms with van der Waals surface area (Å²) in [4.78, 5) is 58.5. The minimum Gasteiger partial charge on any atom is -0.348 e. The first-order valence-electron chi connectivity index (χ1n) is 9.58. The van der Waals surface area contributed by atoms with E-state index < -0.39 is 17.4 Å². The van der Waals surface area contributed by atoms with Gasteiger partial charge in [-0.15, -0.1) is 0 Å². The van der Waals surface area contributed by atoms with E-state index in [1.165, 1.54) is 23.3 Å². The molecule has 8 heteroatoms. The molecule has 30 heavy (non-hydrogen) atoms. The van der Waals surface area contributed by atoms with E-state index in [1.54, 1.807) is 38.2 Å². The van der Waals surface area contributed by atoms with Crippen molar-refractivity contribution in [1.29, 1.82) is 0 Å². The second kappa shape index (κ2) is 6.48. The Morgan fingerprint density at radius 3 is 2.40 bits per heavy atom. The third kappa shape index (κ3) is 2.43. The largest absolute Gasteiger partial charge is 0.348 e. The van der Waals surface area contributed by atoms with Gasteiger partial charge in [-0.3, -0.25) is 28.6 Å². The van der Waals surface area contributed by atoms with Crippen molar-refractivity contribution in [3.05, 3.63) is 47.2 Å². The lowest BCUT2D eigenvalue weighted by Crippen LogP contribution is -2.58. The Morgan fingerprint density at radius 1 is 1.13 bits per heavy atom. The van der Waals surface area contributed by atoms with Crippen molar-refractivity contribution in [2.75, 3.05) is 14.1 Å². The standard InChI is InChI=1S/C22H22N4O4/c1-12-10-22(16-11-25(14(3)28)17-9-7-6-8-15(16)17)20(30)23-21(24(4)5)26(22)19(29)18(12)13(2)27/h6-9,11H,10H2,1-5H3. The minimum atomic E-state index is -1.44. The van der Waals surface area contributed by atoms with Crippen LogP contribution < -0.4 is 0 Å². The van der Waals surface area contributed by atoms with Crippen LogP contribution in [0.5, 0.6) is 0 Å². The summed E-state index contributed by atoms with van der Waals surface area (Å²) in [6.07, 6.45) is 1.74. The average Bonchev–Trinajstić information content (AvgIpc) is 3.18. The molecule has 154 valence electrons. The molecule has 0 bridgehead atoms. The first-order chi connectivity index (χ1) is 14.1. The number of fused-ring (bicyclic) bond motifs is 2. The lowest BCUT2D eigenvalue weighted by Gasteiger charge is -2.42. The van der Waals surface area contributed by atoms with Crippen molar-refractivity contribution in [2.45, 2.75) is 32.7 Å². The number of para-hydroxylation sites is 1. The molecule has 0 N–H and O–H groups in total. The van der Waals surface area contributed by atoms with Crippen LogP contribution in [0.1, 0.15) is 37.6 Å². The molecule has 3 heterocycles. The number of guanidine groups is 1. The zero-order chi connectivity index (χ0) is 22.0. The maximum absolute atomic E-state index is 13.5. The number of rotatable bonds is 2. The summed E-state index contributed by atoms with van der Waals surface area (Å²) in [5.74, 6) is -1.43. The van der Waals surface area contributed by atoms with E-state index in [1.807, 2.05) is 18.2 Å². The van der Waals surface area contributed by atoms with Crippen LogP contribution >= 0.6 is 0 Å². The number of carbonyl (C=O) groups excluding carboxylic acids is 4. The SMILES string of the molecule is CC(=O)C1=C(C)CC2(c3cn(C(C)=O)c4ccccc34)C(=O)N=C(N(C)C)N2C1=O. The highest BCUT2D eigenvalue weighted by atomic mass is 16.2. The molecule has 2 aromatic rings. The first-order valence-corrected chi connectivity index (χ1v) is 9.58. The Kier molecular flexibility index (Phi) is 4.27. The van der Waals surface area contributed by atoms with Gasteiger partial charge in [0.25, 0.3) is 11.8 Å². The highest BCUT2D eigenvalue weighted by Gasteiger charge is 2.59. The lowest BCUT2D eigenvalue weighted by atomic mass is 9.77. The van der Waals surface area contributed by atoms with Crippen molar-refractivity contribution >= 4 is 40.4 Å². The van der Waals surface area contributed by atoms with E-state index in [2.05, 4.69) is 4.99 Å². The summed E-state index contributed by atoms with van der Waals surface area (Å²) < 4.78 is 1.47. The minimum absolute atomic E-state index is 0.0742. The number of Topliss-reactive ketones (excluding diaryl/α,β-unsaturated/α-hetero) is 1. The fraction of sp³-hybridized carbons (Fsp3) is 0.318. The fourth-order valence-electron chi connectivity index (χ4n) is 4.54. The molecule has 1 aromatic carbocycles. The Hall–Kier alpha value is -3.55. The van der Waals surface area contributed by atoms with E-state index in [4.69, 9.17) is 0 Å². The summed E-state index contributed by atoms with van der Waals surface area (Å²) in [5, 5.41) is 0.688. The molecular weight excluding hydrogens is 384 g/mol. The molecule has 0 fully saturated rings. The zero-order valence-corrected chi connectivity index (χ0v) is 17.5. The van der Waals surface area contributed by atoms with Crippen LogP contribution in [-0.4, -0.2) is 57.9 Å². The van der Waals surface area contributed by atoms with Crippen LogP contribution in [-0.2, 0) is 19.9 Å². The predicted molar refractivity (Wildman–Crippen MR) is 111 cm³/mol. The van der Waals surface area contributed by atoms with Crippen LogP contribution in [0.25, 0.3) is 10.9 Å². The molecule has 1 atom stereocenters. The molecule has 0 saturated carbocycles. The molecular formula is C22H22N4O4. The van der Waals surface area contributed by atoms with Gasteiger partial charge >= 0.3 is 0 Å². The number of benzene rings is 1. The molecule has 2 aliphatic heterocycles. The Bertz CT molecular complexity index is 1220. The highest BCUT2D eigenvalue weighted by Crippen LogP contribution is 2.48. The summed E-state index contributed by atoms with van der Waals surface area (Å²) in [5.41, 5.74) is 0.332. The average molecular weight is 406 g/mol. The number of hydrogen-bond donors (Lipinski definition) is 0. The lowest BCUT2D eigenvalue weighted by molar-refractivity contribution is -0.139. The van der Waals surface area contributed by atoms with E-state index in [0.29, 0.717) is 22.0 Å². The first kappa shape index (κ1) is 19.8. The van der Waals surface area contributed by atoms with Crippen molar-refractivity contribution in [3.8, 4) is 0 Å². The van der Waals surface area contributed by atoms with E-state index in [9.17, 15) is 19.2 Å². The monoisotopic (exact) mass is 406 g/mol. The molecule has 1 unspecified atom stereocenters. The summed E-state index contributed by atoms with van der Waals surface area (Å²) >= 11 is 0. The molecule has 0 radical (unpaired) electrons. The normalized spacial score (nSPS) is 21.2. The van der Waals surface area contributed by atoms with Gasteiger partial charge in [0, 0.05) is 44.6 Å². The second-order valence-corrected chi connectivity index (χ2v) is 7.95. The van der Waals surface area contributed by atoms with Gasteiger partial charge in [-0.2, -0.15) is 4.99 Å². The molecule has 0 spiro atoms. The Balaban J connectivity index is 2.09. The molecule has 4 rings (SSSR count). The van der Waals surface area contributed by atoms with Crippen LogP contribution in [0.15, 0.2) is 46.6 Å². The van der Waals surface area contributed by atoms with E-state index in [0.717, 1.165) is 0 Å². The quantitative estimate of drug-likeness (QED) is 0.712. The van der Waals surface area contributed by atoms with Crippen LogP contribution in [0.2, 0.25) is 0 Å². The summed E-state index contributed by atoms with van der Waals surface area (Å²) in [6, 6.07) is 7.24. The maximum atomic E-state index is 13.5. The van der Waals surface area contributed by atoms with Gasteiger partial charge in [0.1, 0.15) is 0 Å². The molecule has 2 aliphatic rings. The van der Waals surface area contributed by atoms with Gasteiger partial charge in [-0.1, -0.05) is 23.8 Å². The number of ketones is 1. The van der Waals surface area contributed by atoms with E-state index >= 15 is 0 Å². The van der Waals surface area contributed by atoms with Gasteiger partial charge in [-0.25, -0.2) is 0 Å². The van der Waals surface area contributed by atoms with Gasteiger partial charge < -0.3 is 4.90 Å². The third-order valence-corrected chi connectivity index (χ3v) is 5.75. The Morgan fingerprint density at radius 2 is 1.80 bits per heavy atom. The van der Waals surface area contributed by atoms with Crippen molar-refractivity contribution < 1.29 is 19.2 Å². The third-order valence-electron chi connectivity index (χ3n) is 5.75. The van der Waals surface area contributed by atoms with E-state index in [-0.39, 0.29) is 29.6 Å². The zero-order valence-electron chi connectivity index (χ0n) is 17.5. The number of aromatic nitrogens is 1. The van der Waals surface area contributed by atoms with Crippen LogP contribution in [0, 0.1) is 0 Å². The summed E-state index contributed by atoms with van der Waals surface area (Å²) in [7, 11) is 3.37. The molecule has 0 aliphatic carbocycles. The molecule has 8 nitrogen and oxygen atoms in total. The summed E-state index contributed by atoms with van der Waals surface area (Å²) in [6.45, 7) is 4.48. The van der Waals surface area contributed by atoms with Crippen LogP contribution in [0.4, 0.5) is 0 Å². The topological polar surface area (TPSA) is 92.0 Å². The number of hydrogen-bond acceptors (Lipinski definition) is 5. The smallest absolute Gasteiger partial charge is 0.280 e. The number of nitrogens with zero attached hydrogens (tertiary/aromatic N) is 4. The van der Waals surface area contributed by atoms with Gasteiger partial charge in [0.05, 0.1) is 11.1 Å². The van der Waals surface area contributed by atoms with Crippen LogP contribution in [0.3, 0.4) is 0 Å². The molecule has 1 aromatic heterocycles. The highest BCUT2D eigenvalue weighted by molar-refractivity contribution is 6.27. The van der Waals surface area contributed by atoms with Crippen molar-refractivity contribution in [3.63, 3.8) is 0 Å². The number of amides is 2. The number of aliphatic imine (C=N–C) groups is 1. The van der Waals surface area contributed by atoms with Gasteiger partial charge in [0.15, 0.2) is 11.3 Å². The second-order valence-electron chi connectivity index (χ2n) is 7.95. The number of carbonyl (C=O) groups is 4. The Labute approximate surface area is 173 Å². The van der Waals surface area contributed by atoms with Crippen molar-refractivity contribution in [2.24, 2.45) is 4.99 Å². The molecule has 0 saturated heterocycles.